The van der Waals surface area contributed by atoms with Crippen molar-refractivity contribution in [2.24, 2.45) is 0 Å². The standard InChI is InChI=1S/C4H7O3P/c1-3(2)4(5)7-8-6/h1,8H2,2H3. The van der Waals surface area contributed by atoms with Gasteiger partial charge in [0.2, 0.25) is 8.69 Å². The van der Waals surface area contributed by atoms with E-state index in [0.717, 1.165) is 0 Å². The lowest BCUT2D eigenvalue weighted by Crippen LogP contribution is -1.95. The first-order chi connectivity index (χ1) is 3.68. The molecule has 0 aromatic heterocycles. The molecule has 0 aliphatic carbocycles. The molecule has 0 aliphatic heterocycles. The summed E-state index contributed by atoms with van der Waals surface area (Å²) >= 11 is 0. The Kier molecular flexibility index (Phi) is 3.20. The van der Waals surface area contributed by atoms with Crippen molar-refractivity contribution in [3.05, 3.63) is 12.2 Å². The third-order valence-electron chi connectivity index (χ3n) is 0.504. The van der Waals surface area contributed by atoms with Gasteiger partial charge in [-0.1, -0.05) is 6.58 Å². The van der Waals surface area contributed by atoms with E-state index < -0.39 is 14.7 Å². The zero-order valence-corrected chi connectivity index (χ0v) is 5.66. The van der Waals surface area contributed by atoms with E-state index in [2.05, 4.69) is 11.1 Å². The summed E-state index contributed by atoms with van der Waals surface area (Å²) in [5.74, 6) is -0.588. The van der Waals surface area contributed by atoms with E-state index in [4.69, 9.17) is 0 Å². The summed E-state index contributed by atoms with van der Waals surface area (Å²) in [5.41, 5.74) is 0.272. The molecule has 0 amide bonds. The van der Waals surface area contributed by atoms with Gasteiger partial charge in [-0.05, 0) is 6.92 Å². The number of hydrogen-bond acceptors (Lipinski definition) is 3. The third-order valence-corrected chi connectivity index (χ3v) is 0.814. The largest absolute Gasteiger partial charge is 0.413 e. The Hall–Kier alpha value is -0.560. The smallest absolute Gasteiger partial charge is 0.337 e. The molecule has 0 radical (unpaired) electrons. The summed E-state index contributed by atoms with van der Waals surface area (Å²) in [6.07, 6.45) is 0. The second-order valence-corrected chi connectivity index (χ2v) is 1.71. The van der Waals surface area contributed by atoms with Crippen LogP contribution in [0, 0.1) is 0 Å². The van der Waals surface area contributed by atoms with Crippen LogP contribution in [0.1, 0.15) is 6.92 Å². The predicted molar refractivity (Wildman–Crippen MR) is 31.3 cm³/mol. The maximum Gasteiger partial charge on any atom is 0.337 e. The summed E-state index contributed by atoms with van der Waals surface area (Å²) in [6.45, 7) is 4.77. The molecule has 0 aromatic carbocycles. The number of rotatable bonds is 2. The van der Waals surface area contributed by atoms with Gasteiger partial charge in [0.25, 0.3) is 0 Å². The van der Waals surface area contributed by atoms with Gasteiger partial charge in [0.1, 0.15) is 0 Å². The van der Waals surface area contributed by atoms with Gasteiger partial charge in [-0.3, -0.25) is 4.57 Å². The SMILES string of the molecule is C=C(C)C(=O)O[PH2]=O. The summed E-state index contributed by atoms with van der Waals surface area (Å²) in [7, 11) is -1.43. The van der Waals surface area contributed by atoms with Crippen LogP contribution >= 0.6 is 8.69 Å². The summed E-state index contributed by atoms with van der Waals surface area (Å²) in [6, 6.07) is 0. The molecule has 1 unspecified atom stereocenters. The van der Waals surface area contributed by atoms with Crippen LogP contribution in [0.3, 0.4) is 0 Å². The van der Waals surface area contributed by atoms with E-state index >= 15 is 0 Å². The van der Waals surface area contributed by atoms with Gasteiger partial charge in [0.05, 0.1) is 0 Å². The van der Waals surface area contributed by atoms with E-state index in [0.29, 0.717) is 0 Å². The molecule has 0 saturated heterocycles. The zero-order valence-electron chi connectivity index (χ0n) is 4.51. The Morgan fingerprint density at radius 2 is 2.25 bits per heavy atom. The highest BCUT2D eigenvalue weighted by atomic mass is 31.1. The van der Waals surface area contributed by atoms with Crippen LogP contribution in [-0.4, -0.2) is 5.97 Å². The predicted octanol–water partition coefficient (Wildman–Crippen LogP) is 0.777. The molecule has 0 bridgehead atoms. The topological polar surface area (TPSA) is 43.4 Å². The van der Waals surface area contributed by atoms with Gasteiger partial charge < -0.3 is 4.52 Å². The van der Waals surface area contributed by atoms with Crippen molar-refractivity contribution in [2.75, 3.05) is 0 Å². The second-order valence-electron chi connectivity index (χ2n) is 1.28. The third kappa shape index (κ3) is 2.59. The first-order valence-corrected chi connectivity index (χ1v) is 2.93. The first-order valence-electron chi connectivity index (χ1n) is 1.98. The molecule has 1 atom stereocenters. The highest BCUT2D eigenvalue weighted by Gasteiger charge is 1.98. The van der Waals surface area contributed by atoms with Crippen molar-refractivity contribution in [3.63, 3.8) is 0 Å². The van der Waals surface area contributed by atoms with Gasteiger partial charge >= 0.3 is 5.97 Å². The lowest BCUT2D eigenvalue weighted by molar-refractivity contribution is -0.129. The Morgan fingerprint density at radius 1 is 1.75 bits per heavy atom. The minimum absolute atomic E-state index is 0.272. The van der Waals surface area contributed by atoms with Crippen LogP contribution in [0.5, 0.6) is 0 Å². The molecule has 8 heavy (non-hydrogen) atoms. The first kappa shape index (κ1) is 7.44. The molecular weight excluding hydrogens is 127 g/mol. The molecule has 3 nitrogen and oxygen atoms in total. The molecular formula is C4H7O3P. The monoisotopic (exact) mass is 134 g/mol. The lowest BCUT2D eigenvalue weighted by atomic mass is 10.4. The highest BCUT2D eigenvalue weighted by molar-refractivity contribution is 7.18. The van der Waals surface area contributed by atoms with Crippen LogP contribution in [-0.2, 0) is 13.9 Å². The van der Waals surface area contributed by atoms with Crippen LogP contribution in [0.25, 0.3) is 0 Å². The summed E-state index contributed by atoms with van der Waals surface area (Å²) in [4.78, 5) is 10.2. The molecule has 0 fully saturated rings. The van der Waals surface area contributed by atoms with Crippen molar-refractivity contribution in [1.29, 1.82) is 0 Å². The molecule has 46 valence electrons. The zero-order chi connectivity index (χ0) is 6.57. The van der Waals surface area contributed by atoms with E-state index in [1.165, 1.54) is 6.92 Å². The molecule has 0 saturated carbocycles. The van der Waals surface area contributed by atoms with Gasteiger partial charge in [0.15, 0.2) is 0 Å². The Balaban J connectivity index is 3.65. The van der Waals surface area contributed by atoms with E-state index in [-0.39, 0.29) is 5.57 Å². The Morgan fingerprint density at radius 3 is 2.38 bits per heavy atom. The quantitative estimate of drug-likeness (QED) is 0.414. The maximum atomic E-state index is 10.2. The van der Waals surface area contributed by atoms with Crippen LogP contribution in [0.4, 0.5) is 0 Å². The minimum Gasteiger partial charge on any atom is -0.413 e. The van der Waals surface area contributed by atoms with Crippen molar-refractivity contribution in [2.45, 2.75) is 6.92 Å². The molecule has 4 heteroatoms. The average Bonchev–Trinajstić information content (AvgIpc) is 1.67. The van der Waals surface area contributed by atoms with Crippen LogP contribution in [0.2, 0.25) is 0 Å². The Bertz CT molecular complexity index is 129. The minimum atomic E-state index is -1.43. The lowest BCUT2D eigenvalue weighted by Gasteiger charge is -1.91. The number of carbonyl (C=O) groups excluding carboxylic acids is 1. The van der Waals surface area contributed by atoms with Crippen molar-refractivity contribution in [3.8, 4) is 0 Å². The van der Waals surface area contributed by atoms with E-state index in [1.54, 1.807) is 0 Å². The Labute approximate surface area is 48.6 Å². The normalized spacial score (nSPS) is 9.62. The van der Waals surface area contributed by atoms with Crippen molar-refractivity contribution >= 4 is 14.7 Å². The molecule has 0 aliphatic rings. The average molecular weight is 134 g/mol. The maximum absolute atomic E-state index is 10.2. The number of hydrogen-bond donors (Lipinski definition) is 0. The van der Waals surface area contributed by atoms with Crippen LogP contribution < -0.4 is 0 Å². The molecule has 0 rings (SSSR count). The fourth-order valence-corrected chi connectivity index (χ4v) is 0.433. The van der Waals surface area contributed by atoms with Gasteiger partial charge in [0, 0.05) is 5.57 Å². The second kappa shape index (κ2) is 3.44. The van der Waals surface area contributed by atoms with Gasteiger partial charge in [-0.25, -0.2) is 4.79 Å². The van der Waals surface area contributed by atoms with E-state index in [9.17, 15) is 9.36 Å². The molecule has 0 N–H and O–H groups in total. The highest BCUT2D eigenvalue weighted by Crippen LogP contribution is 2.00. The summed E-state index contributed by atoms with van der Waals surface area (Å²) in [5, 5.41) is 0. The molecule has 0 heterocycles. The fourth-order valence-electron chi connectivity index (χ4n) is 0.144. The van der Waals surface area contributed by atoms with Gasteiger partial charge in [-0.2, -0.15) is 0 Å². The fraction of sp³-hybridized carbons (Fsp3) is 0.250. The van der Waals surface area contributed by atoms with Crippen molar-refractivity contribution < 1.29 is 13.9 Å². The van der Waals surface area contributed by atoms with E-state index in [1.807, 2.05) is 0 Å². The van der Waals surface area contributed by atoms with Crippen molar-refractivity contribution in [1.82, 2.24) is 0 Å². The molecule has 0 aromatic rings. The van der Waals surface area contributed by atoms with Gasteiger partial charge in [-0.15, -0.1) is 0 Å². The molecule has 0 spiro atoms. The summed E-state index contributed by atoms with van der Waals surface area (Å²) < 4.78 is 13.7. The van der Waals surface area contributed by atoms with Crippen LogP contribution in [0.15, 0.2) is 12.2 Å². The number of carbonyl (C=O) groups is 1.